The topological polar surface area (TPSA) is 106 Å². The van der Waals surface area contributed by atoms with E-state index in [0.717, 1.165) is 11.3 Å². The number of hydrogen-bond donors (Lipinski definition) is 0. The van der Waals surface area contributed by atoms with Crippen molar-refractivity contribution < 1.29 is 14.3 Å². The number of piperazine rings is 1. The smallest absolute Gasteiger partial charge is 0.409 e. The van der Waals surface area contributed by atoms with Crippen LogP contribution in [0.25, 0.3) is 16.9 Å². The molecule has 10 nitrogen and oxygen atoms in total. The molecule has 1 saturated heterocycles. The minimum atomic E-state index is -0.329. The van der Waals surface area contributed by atoms with Crippen LogP contribution in [0, 0.1) is 0 Å². The van der Waals surface area contributed by atoms with E-state index in [0.29, 0.717) is 43.6 Å². The molecule has 0 atom stereocenters. The molecule has 0 aliphatic carbocycles. The average molecular weight is 427 g/mol. The molecule has 1 aliphatic rings. The molecule has 2 amide bonds. The summed E-state index contributed by atoms with van der Waals surface area (Å²) in [6, 6.07) is 7.48. The summed E-state index contributed by atoms with van der Waals surface area (Å²) >= 11 is 1.29. The number of nitrogens with zero attached hydrogens (tertiary/aromatic N) is 7. The lowest BCUT2D eigenvalue weighted by atomic mass is 10.2. The Hall–Kier alpha value is -3.21. The van der Waals surface area contributed by atoms with Crippen molar-refractivity contribution in [2.24, 2.45) is 0 Å². The Labute approximate surface area is 177 Å². The molecule has 4 rings (SSSR count). The first-order chi connectivity index (χ1) is 14.7. The van der Waals surface area contributed by atoms with E-state index >= 15 is 0 Å². The van der Waals surface area contributed by atoms with Crippen molar-refractivity contribution in [3.05, 3.63) is 36.7 Å². The lowest BCUT2D eigenvalue weighted by Gasteiger charge is -2.33. The third-order valence-corrected chi connectivity index (χ3v) is 5.58. The number of pyridine rings is 1. The van der Waals surface area contributed by atoms with Crippen LogP contribution in [0.4, 0.5) is 4.79 Å². The van der Waals surface area contributed by atoms with Gasteiger partial charge in [0.25, 0.3) is 0 Å². The van der Waals surface area contributed by atoms with Gasteiger partial charge in [-0.15, -0.1) is 10.2 Å². The van der Waals surface area contributed by atoms with Gasteiger partial charge in [-0.25, -0.2) is 4.79 Å². The number of fused-ring (bicyclic) bond motifs is 1. The van der Waals surface area contributed by atoms with E-state index in [1.54, 1.807) is 33.6 Å². The van der Waals surface area contributed by atoms with Gasteiger partial charge in [0.15, 0.2) is 5.65 Å². The molecule has 1 fully saturated rings. The van der Waals surface area contributed by atoms with E-state index in [2.05, 4.69) is 20.3 Å². The summed E-state index contributed by atoms with van der Waals surface area (Å²) in [5.74, 6) is 0.211. The molecule has 3 aromatic rings. The molecule has 0 aromatic carbocycles. The fourth-order valence-corrected chi connectivity index (χ4v) is 3.89. The van der Waals surface area contributed by atoms with Crippen molar-refractivity contribution >= 4 is 29.4 Å². The number of hydrogen-bond acceptors (Lipinski definition) is 8. The number of amides is 2. The number of carbonyl (C=O) groups excluding carboxylic acids is 2. The highest BCUT2D eigenvalue weighted by atomic mass is 32.2. The first kappa shape index (κ1) is 20.1. The van der Waals surface area contributed by atoms with Crippen LogP contribution in [-0.2, 0) is 9.53 Å². The first-order valence-electron chi connectivity index (χ1n) is 9.61. The highest BCUT2D eigenvalue weighted by Gasteiger charge is 2.25. The number of aromatic nitrogens is 5. The fraction of sp³-hybridized carbons (Fsp3) is 0.368. The van der Waals surface area contributed by atoms with Crippen molar-refractivity contribution in [3.63, 3.8) is 0 Å². The van der Waals surface area contributed by atoms with Crippen LogP contribution in [0.15, 0.2) is 41.8 Å². The van der Waals surface area contributed by atoms with Gasteiger partial charge in [0.1, 0.15) is 0 Å². The molecule has 0 saturated carbocycles. The molecule has 156 valence electrons. The van der Waals surface area contributed by atoms with E-state index in [1.807, 2.05) is 24.3 Å². The maximum absolute atomic E-state index is 12.6. The second-order valence-corrected chi connectivity index (χ2v) is 7.51. The first-order valence-corrected chi connectivity index (χ1v) is 10.6. The minimum absolute atomic E-state index is 0.0105. The standard InChI is InChI=1S/C19H21N7O3S/c1-2-29-19(28)25-10-8-24(9-11-25)17(27)13-30-18-22-21-16-6-5-15(23-26(16)18)14-4-3-7-20-12-14/h3-7,12H,2,8-11,13H2,1H3. The van der Waals surface area contributed by atoms with Crippen LogP contribution < -0.4 is 0 Å². The Morgan fingerprint density at radius 3 is 2.63 bits per heavy atom. The molecule has 30 heavy (non-hydrogen) atoms. The summed E-state index contributed by atoms with van der Waals surface area (Å²) < 4.78 is 6.64. The van der Waals surface area contributed by atoms with Gasteiger partial charge in [-0.1, -0.05) is 11.8 Å². The molecule has 11 heteroatoms. The molecule has 1 aliphatic heterocycles. The minimum Gasteiger partial charge on any atom is -0.450 e. The van der Waals surface area contributed by atoms with Gasteiger partial charge in [0.2, 0.25) is 11.1 Å². The van der Waals surface area contributed by atoms with Crippen LogP contribution in [0.1, 0.15) is 6.92 Å². The second kappa shape index (κ2) is 9.08. The van der Waals surface area contributed by atoms with Gasteiger partial charge in [0.05, 0.1) is 18.1 Å². The molecule has 3 aromatic heterocycles. The Morgan fingerprint density at radius 1 is 1.10 bits per heavy atom. The van der Waals surface area contributed by atoms with Crippen LogP contribution in [-0.4, -0.2) is 85.1 Å². The summed E-state index contributed by atoms with van der Waals surface area (Å²) in [6.45, 7) is 4.04. The van der Waals surface area contributed by atoms with E-state index in [9.17, 15) is 9.59 Å². The van der Waals surface area contributed by atoms with Crippen molar-refractivity contribution in [2.75, 3.05) is 38.5 Å². The number of thioether (sulfide) groups is 1. The van der Waals surface area contributed by atoms with Gasteiger partial charge in [0, 0.05) is 44.1 Å². The predicted molar refractivity (Wildman–Crippen MR) is 110 cm³/mol. The zero-order chi connectivity index (χ0) is 20.9. The maximum atomic E-state index is 12.6. The highest BCUT2D eigenvalue weighted by molar-refractivity contribution is 7.99. The lowest BCUT2D eigenvalue weighted by molar-refractivity contribution is -0.129. The summed E-state index contributed by atoms with van der Waals surface area (Å²) in [5, 5.41) is 13.4. The second-order valence-electron chi connectivity index (χ2n) is 6.57. The Kier molecular flexibility index (Phi) is 6.07. The van der Waals surface area contributed by atoms with Gasteiger partial charge in [-0.2, -0.15) is 9.61 Å². The van der Waals surface area contributed by atoms with Crippen LogP contribution in [0.5, 0.6) is 0 Å². The zero-order valence-electron chi connectivity index (χ0n) is 16.5. The summed E-state index contributed by atoms with van der Waals surface area (Å²) in [7, 11) is 0. The number of ether oxygens (including phenoxy) is 1. The average Bonchev–Trinajstić information content (AvgIpc) is 3.20. The Balaban J connectivity index is 1.38. The van der Waals surface area contributed by atoms with Crippen LogP contribution in [0.2, 0.25) is 0 Å². The molecule has 0 spiro atoms. The molecule has 0 radical (unpaired) electrons. The third kappa shape index (κ3) is 4.35. The molecule has 4 heterocycles. The summed E-state index contributed by atoms with van der Waals surface area (Å²) in [4.78, 5) is 31.9. The van der Waals surface area contributed by atoms with Gasteiger partial charge >= 0.3 is 6.09 Å². The van der Waals surface area contributed by atoms with Crippen molar-refractivity contribution in [1.82, 2.24) is 34.6 Å². The molecule has 0 unspecified atom stereocenters. The van der Waals surface area contributed by atoms with Crippen molar-refractivity contribution in [1.29, 1.82) is 0 Å². The molecule has 0 N–H and O–H groups in total. The summed E-state index contributed by atoms with van der Waals surface area (Å²) in [6.07, 6.45) is 3.12. The molecular weight excluding hydrogens is 406 g/mol. The quantitative estimate of drug-likeness (QED) is 0.565. The number of rotatable bonds is 5. The van der Waals surface area contributed by atoms with Gasteiger partial charge < -0.3 is 14.5 Å². The predicted octanol–water partition coefficient (Wildman–Crippen LogP) is 1.58. The van der Waals surface area contributed by atoms with Gasteiger partial charge in [-0.05, 0) is 31.2 Å². The Bertz CT molecular complexity index is 1040. The fourth-order valence-electron chi connectivity index (χ4n) is 3.10. The van der Waals surface area contributed by atoms with E-state index < -0.39 is 0 Å². The lowest BCUT2D eigenvalue weighted by Crippen LogP contribution is -2.51. The SMILES string of the molecule is CCOC(=O)N1CCN(C(=O)CSc2nnc3ccc(-c4cccnc4)nn23)CC1. The zero-order valence-corrected chi connectivity index (χ0v) is 17.3. The third-order valence-electron chi connectivity index (χ3n) is 4.67. The highest BCUT2D eigenvalue weighted by Crippen LogP contribution is 2.20. The van der Waals surface area contributed by atoms with Crippen LogP contribution in [0.3, 0.4) is 0 Å². The van der Waals surface area contributed by atoms with Crippen molar-refractivity contribution in [3.8, 4) is 11.3 Å². The van der Waals surface area contributed by atoms with E-state index in [1.165, 1.54) is 11.8 Å². The monoisotopic (exact) mass is 427 g/mol. The largest absolute Gasteiger partial charge is 0.450 e. The van der Waals surface area contributed by atoms with E-state index in [-0.39, 0.29) is 17.8 Å². The van der Waals surface area contributed by atoms with Crippen molar-refractivity contribution in [2.45, 2.75) is 12.1 Å². The molecular formula is C19H21N7O3S. The summed E-state index contributed by atoms with van der Waals surface area (Å²) in [5.41, 5.74) is 2.25. The van der Waals surface area contributed by atoms with Gasteiger partial charge in [-0.3, -0.25) is 9.78 Å². The normalized spacial score (nSPS) is 14.2. The molecule has 0 bridgehead atoms. The number of carbonyl (C=O) groups is 2. The Morgan fingerprint density at radius 2 is 1.90 bits per heavy atom. The van der Waals surface area contributed by atoms with Crippen LogP contribution >= 0.6 is 11.8 Å². The van der Waals surface area contributed by atoms with E-state index in [4.69, 9.17) is 4.74 Å². The maximum Gasteiger partial charge on any atom is 0.409 e.